The second-order valence-electron chi connectivity index (χ2n) is 8.92. The van der Waals surface area contributed by atoms with Crippen LogP contribution in [0, 0.1) is 0 Å². The van der Waals surface area contributed by atoms with Crippen molar-refractivity contribution in [3.8, 4) is 0 Å². The number of rotatable bonds is 2. The molecule has 0 aliphatic heterocycles. The van der Waals surface area contributed by atoms with Crippen LogP contribution in [0.3, 0.4) is 0 Å². The van der Waals surface area contributed by atoms with Gasteiger partial charge in [-0.15, -0.1) is 0 Å². The molecule has 2 nitrogen and oxygen atoms in total. The molecule has 0 fully saturated rings. The van der Waals surface area contributed by atoms with Crippen molar-refractivity contribution in [3.63, 3.8) is 0 Å². The van der Waals surface area contributed by atoms with Gasteiger partial charge in [-0.05, 0) is 40.2 Å². The quantitative estimate of drug-likeness (QED) is 0.482. The van der Waals surface area contributed by atoms with Gasteiger partial charge in [0.05, 0.1) is 23.1 Å². The highest BCUT2D eigenvalue weighted by Gasteiger charge is 2.21. The molecule has 0 radical (unpaired) electrons. The Balaban J connectivity index is 2.04. The van der Waals surface area contributed by atoms with Gasteiger partial charge >= 0.3 is 0 Å². The second-order valence-corrected chi connectivity index (χ2v) is 8.92. The molecule has 2 heteroatoms. The molecule has 0 saturated carbocycles. The molecule has 0 bridgehead atoms. The average Bonchev–Trinajstić information content (AvgIpc) is 2.58. The number of para-hydroxylation sites is 1. The van der Waals surface area contributed by atoms with Crippen LogP contribution in [0.2, 0.25) is 0 Å². The smallest absolute Gasteiger partial charge is 0.0820 e. The van der Waals surface area contributed by atoms with E-state index in [1.165, 1.54) is 11.1 Å². The van der Waals surface area contributed by atoms with E-state index in [1.807, 2.05) is 30.5 Å². The first-order valence-corrected chi connectivity index (χ1v) is 9.19. The Labute approximate surface area is 157 Å². The van der Waals surface area contributed by atoms with Gasteiger partial charge in [0.25, 0.3) is 0 Å². The van der Waals surface area contributed by atoms with Gasteiger partial charge in [-0.3, -0.25) is 4.99 Å². The van der Waals surface area contributed by atoms with E-state index < -0.39 is 0 Å². The summed E-state index contributed by atoms with van der Waals surface area (Å²) in [4.78, 5) is 9.54. The van der Waals surface area contributed by atoms with E-state index in [2.05, 4.69) is 71.9 Å². The van der Waals surface area contributed by atoms with Gasteiger partial charge in [-0.1, -0.05) is 77.9 Å². The summed E-state index contributed by atoms with van der Waals surface area (Å²) in [6.07, 6.45) is 1.88. The zero-order chi connectivity index (χ0) is 18.9. The monoisotopic (exact) mass is 344 g/mol. The van der Waals surface area contributed by atoms with Crippen LogP contribution in [0.1, 0.15) is 58.4 Å². The van der Waals surface area contributed by atoms with E-state index in [1.54, 1.807) is 0 Å². The lowest BCUT2D eigenvalue weighted by atomic mass is 9.81. The zero-order valence-electron chi connectivity index (χ0n) is 16.7. The standard InChI is InChI=1S/C24H28N2/c1-23(2,3)18-12-14-20(24(4,5)6)22(15-18)25-16-19-13-11-17-9-7-8-10-21(17)26-19/h7-16H,1-6H3. The molecule has 0 aliphatic rings. The lowest BCUT2D eigenvalue weighted by Gasteiger charge is -2.25. The first-order chi connectivity index (χ1) is 12.1. The van der Waals surface area contributed by atoms with E-state index in [-0.39, 0.29) is 10.8 Å². The molecule has 0 amide bonds. The summed E-state index contributed by atoms with van der Waals surface area (Å²) in [6, 6.07) is 19.0. The number of aliphatic imine (C=N–C) groups is 1. The first-order valence-electron chi connectivity index (χ1n) is 9.19. The van der Waals surface area contributed by atoms with Crippen molar-refractivity contribution in [2.75, 3.05) is 0 Å². The Hall–Kier alpha value is -2.48. The van der Waals surface area contributed by atoms with Gasteiger partial charge in [0.15, 0.2) is 0 Å². The topological polar surface area (TPSA) is 25.2 Å². The fraction of sp³-hybridized carbons (Fsp3) is 0.333. The van der Waals surface area contributed by atoms with Crippen LogP contribution in [-0.2, 0) is 10.8 Å². The fourth-order valence-electron chi connectivity index (χ4n) is 3.03. The third-order valence-electron chi connectivity index (χ3n) is 4.63. The van der Waals surface area contributed by atoms with Crippen molar-refractivity contribution in [1.29, 1.82) is 0 Å². The van der Waals surface area contributed by atoms with Gasteiger partial charge in [0, 0.05) is 5.39 Å². The van der Waals surface area contributed by atoms with Gasteiger partial charge in [0.2, 0.25) is 0 Å². The molecule has 0 atom stereocenters. The van der Waals surface area contributed by atoms with Crippen molar-refractivity contribution >= 4 is 22.8 Å². The number of pyridine rings is 1. The van der Waals surface area contributed by atoms with Crippen molar-refractivity contribution in [3.05, 3.63) is 71.4 Å². The predicted molar refractivity (Wildman–Crippen MR) is 113 cm³/mol. The van der Waals surface area contributed by atoms with Crippen molar-refractivity contribution in [2.24, 2.45) is 4.99 Å². The predicted octanol–water partition coefficient (Wildman–Crippen LogP) is 6.58. The molecule has 3 rings (SSSR count). The minimum absolute atomic E-state index is 0.0416. The molecular weight excluding hydrogens is 316 g/mol. The SMILES string of the molecule is CC(C)(C)c1ccc(C(C)(C)C)c(N=Cc2ccc3ccccc3n2)c1. The average molecular weight is 345 g/mol. The maximum atomic E-state index is 4.84. The molecule has 1 aromatic heterocycles. The molecule has 0 aliphatic carbocycles. The largest absolute Gasteiger partial charge is 0.254 e. The molecule has 2 aromatic carbocycles. The maximum absolute atomic E-state index is 4.84. The lowest BCUT2D eigenvalue weighted by molar-refractivity contribution is 0.578. The van der Waals surface area contributed by atoms with Crippen LogP contribution in [0.5, 0.6) is 0 Å². The first kappa shape index (κ1) is 18.3. The highest BCUT2D eigenvalue weighted by Crippen LogP contribution is 2.35. The molecule has 0 N–H and O–H groups in total. The number of fused-ring (bicyclic) bond motifs is 1. The van der Waals surface area contributed by atoms with Crippen LogP contribution >= 0.6 is 0 Å². The molecule has 0 spiro atoms. The van der Waals surface area contributed by atoms with Gasteiger partial charge in [-0.25, -0.2) is 4.98 Å². The maximum Gasteiger partial charge on any atom is 0.0820 e. The van der Waals surface area contributed by atoms with E-state index in [9.17, 15) is 0 Å². The Morgan fingerprint density at radius 1 is 0.808 bits per heavy atom. The highest BCUT2D eigenvalue weighted by atomic mass is 14.8. The molecule has 3 aromatic rings. The summed E-state index contributed by atoms with van der Waals surface area (Å²) < 4.78 is 0. The van der Waals surface area contributed by atoms with Crippen LogP contribution in [0.25, 0.3) is 10.9 Å². The van der Waals surface area contributed by atoms with Crippen LogP contribution < -0.4 is 0 Å². The summed E-state index contributed by atoms with van der Waals surface area (Å²) in [7, 11) is 0. The normalized spacial score (nSPS) is 12.8. The highest BCUT2D eigenvalue weighted by molar-refractivity contribution is 5.86. The summed E-state index contributed by atoms with van der Waals surface area (Å²) in [5.41, 5.74) is 5.59. The van der Waals surface area contributed by atoms with E-state index in [4.69, 9.17) is 9.98 Å². The van der Waals surface area contributed by atoms with Crippen LogP contribution in [0.15, 0.2) is 59.6 Å². The van der Waals surface area contributed by atoms with Crippen molar-refractivity contribution < 1.29 is 0 Å². The van der Waals surface area contributed by atoms with Crippen molar-refractivity contribution in [1.82, 2.24) is 4.98 Å². The second kappa shape index (κ2) is 6.68. The van der Waals surface area contributed by atoms with E-state index in [0.29, 0.717) is 0 Å². The van der Waals surface area contributed by atoms with Gasteiger partial charge in [-0.2, -0.15) is 0 Å². The molecule has 0 unspecified atom stereocenters. The molecule has 0 saturated heterocycles. The Bertz CT molecular complexity index is 954. The van der Waals surface area contributed by atoms with Crippen LogP contribution in [-0.4, -0.2) is 11.2 Å². The molecular formula is C24H28N2. The summed E-state index contributed by atoms with van der Waals surface area (Å²) in [5, 5.41) is 1.15. The summed E-state index contributed by atoms with van der Waals surface area (Å²) >= 11 is 0. The molecule has 134 valence electrons. The summed E-state index contributed by atoms with van der Waals surface area (Å²) in [6.45, 7) is 13.4. The number of hydrogen-bond acceptors (Lipinski definition) is 2. The number of nitrogens with zero attached hydrogens (tertiary/aromatic N) is 2. The Kier molecular flexibility index (Phi) is 4.70. The van der Waals surface area contributed by atoms with Gasteiger partial charge < -0.3 is 0 Å². The fourth-order valence-corrected chi connectivity index (χ4v) is 3.03. The molecule has 26 heavy (non-hydrogen) atoms. The Morgan fingerprint density at radius 2 is 1.54 bits per heavy atom. The Morgan fingerprint density at radius 3 is 2.23 bits per heavy atom. The minimum Gasteiger partial charge on any atom is -0.254 e. The number of aromatic nitrogens is 1. The number of hydrogen-bond donors (Lipinski definition) is 0. The van der Waals surface area contributed by atoms with Gasteiger partial charge in [0.1, 0.15) is 0 Å². The minimum atomic E-state index is 0.0416. The number of benzene rings is 2. The van der Waals surface area contributed by atoms with E-state index in [0.717, 1.165) is 22.3 Å². The molecule has 1 heterocycles. The lowest BCUT2D eigenvalue weighted by Crippen LogP contribution is -2.15. The van der Waals surface area contributed by atoms with Crippen molar-refractivity contribution in [2.45, 2.75) is 52.4 Å². The third-order valence-corrected chi connectivity index (χ3v) is 4.63. The van der Waals surface area contributed by atoms with E-state index >= 15 is 0 Å². The zero-order valence-corrected chi connectivity index (χ0v) is 16.7. The van der Waals surface area contributed by atoms with Crippen LogP contribution in [0.4, 0.5) is 5.69 Å². The summed E-state index contributed by atoms with van der Waals surface area (Å²) in [5.74, 6) is 0. The third kappa shape index (κ3) is 4.01.